The summed E-state index contributed by atoms with van der Waals surface area (Å²) >= 11 is 3.55. The van der Waals surface area contributed by atoms with Crippen LogP contribution in [0.5, 0.6) is 0 Å². The van der Waals surface area contributed by atoms with Gasteiger partial charge in [0.2, 0.25) is 0 Å². The topological polar surface area (TPSA) is 12.0 Å². The molecule has 0 aliphatic heterocycles. The summed E-state index contributed by atoms with van der Waals surface area (Å²) in [7, 11) is 0. The van der Waals surface area contributed by atoms with Gasteiger partial charge in [-0.15, -0.1) is 0 Å². The van der Waals surface area contributed by atoms with Crippen molar-refractivity contribution in [2.24, 2.45) is 0 Å². The van der Waals surface area contributed by atoms with Crippen LogP contribution < -0.4 is 5.32 Å². The summed E-state index contributed by atoms with van der Waals surface area (Å²) in [4.78, 5) is 0. The molecular formula is C12H15NS2. The van der Waals surface area contributed by atoms with Crippen LogP contribution >= 0.6 is 22.7 Å². The lowest BCUT2D eigenvalue weighted by Crippen LogP contribution is -2.19. The Kier molecular flexibility index (Phi) is 4.39. The summed E-state index contributed by atoms with van der Waals surface area (Å²) in [5.74, 6) is 0. The molecule has 0 radical (unpaired) electrons. The van der Waals surface area contributed by atoms with Crippen molar-refractivity contribution in [2.75, 3.05) is 13.1 Å². The second-order valence-electron chi connectivity index (χ2n) is 3.51. The van der Waals surface area contributed by atoms with Gasteiger partial charge in [0.1, 0.15) is 0 Å². The molecule has 0 spiro atoms. The molecule has 80 valence electrons. The number of hydrogen-bond donors (Lipinski definition) is 1. The van der Waals surface area contributed by atoms with Gasteiger partial charge in [-0.3, -0.25) is 0 Å². The highest BCUT2D eigenvalue weighted by atomic mass is 32.1. The third-order valence-corrected chi connectivity index (χ3v) is 3.81. The zero-order valence-electron chi connectivity index (χ0n) is 8.61. The summed E-state index contributed by atoms with van der Waals surface area (Å²) in [5.41, 5.74) is 2.89. The minimum absolute atomic E-state index is 1.08. The van der Waals surface area contributed by atoms with E-state index in [1.807, 2.05) is 0 Å². The Labute approximate surface area is 98.8 Å². The molecule has 2 rings (SSSR count). The van der Waals surface area contributed by atoms with Gasteiger partial charge in [0, 0.05) is 0 Å². The highest BCUT2D eigenvalue weighted by molar-refractivity contribution is 7.08. The van der Waals surface area contributed by atoms with Crippen molar-refractivity contribution < 1.29 is 0 Å². The van der Waals surface area contributed by atoms with Crippen LogP contribution in [0.4, 0.5) is 0 Å². The third kappa shape index (κ3) is 3.78. The molecule has 0 saturated carbocycles. The Bertz CT molecular complexity index is 315. The summed E-state index contributed by atoms with van der Waals surface area (Å²) in [6.45, 7) is 2.17. The summed E-state index contributed by atoms with van der Waals surface area (Å²) < 4.78 is 0. The van der Waals surface area contributed by atoms with Gasteiger partial charge in [-0.2, -0.15) is 22.7 Å². The first-order valence-corrected chi connectivity index (χ1v) is 7.06. The molecule has 0 fully saturated rings. The maximum absolute atomic E-state index is 3.47. The zero-order chi connectivity index (χ0) is 10.3. The predicted octanol–water partition coefficient (Wildman–Crippen LogP) is 3.18. The van der Waals surface area contributed by atoms with Crippen molar-refractivity contribution in [3.8, 4) is 0 Å². The second-order valence-corrected chi connectivity index (χ2v) is 5.07. The monoisotopic (exact) mass is 237 g/mol. The van der Waals surface area contributed by atoms with Crippen LogP contribution in [0.2, 0.25) is 0 Å². The molecule has 0 bridgehead atoms. The van der Waals surface area contributed by atoms with E-state index in [9.17, 15) is 0 Å². The third-order valence-electron chi connectivity index (χ3n) is 2.34. The van der Waals surface area contributed by atoms with Crippen molar-refractivity contribution in [3.63, 3.8) is 0 Å². The summed E-state index contributed by atoms with van der Waals surface area (Å²) in [6, 6.07) is 4.40. The van der Waals surface area contributed by atoms with Gasteiger partial charge in [-0.25, -0.2) is 0 Å². The SMILES string of the molecule is c1cc(CCNCCc2ccsc2)cs1. The molecule has 3 heteroatoms. The molecule has 0 aliphatic rings. The highest BCUT2D eigenvalue weighted by Crippen LogP contribution is 2.06. The summed E-state index contributed by atoms with van der Waals surface area (Å²) in [6.07, 6.45) is 2.29. The molecule has 0 aromatic carbocycles. The molecule has 0 atom stereocenters. The van der Waals surface area contributed by atoms with Crippen LogP contribution in [0.15, 0.2) is 33.7 Å². The smallest absolute Gasteiger partial charge is 0.000793 e. The molecule has 0 saturated heterocycles. The maximum atomic E-state index is 3.47. The van der Waals surface area contributed by atoms with Crippen molar-refractivity contribution in [2.45, 2.75) is 12.8 Å². The van der Waals surface area contributed by atoms with Gasteiger partial charge >= 0.3 is 0 Å². The van der Waals surface area contributed by atoms with Crippen molar-refractivity contribution >= 4 is 22.7 Å². The minimum Gasteiger partial charge on any atom is -0.316 e. The Morgan fingerprint density at radius 1 is 0.867 bits per heavy atom. The van der Waals surface area contributed by atoms with Crippen LogP contribution in [0, 0.1) is 0 Å². The van der Waals surface area contributed by atoms with Crippen molar-refractivity contribution in [3.05, 3.63) is 44.8 Å². The van der Waals surface area contributed by atoms with Gasteiger partial charge in [0.25, 0.3) is 0 Å². The van der Waals surface area contributed by atoms with E-state index in [2.05, 4.69) is 39.0 Å². The van der Waals surface area contributed by atoms with E-state index in [-0.39, 0.29) is 0 Å². The Morgan fingerprint density at radius 2 is 1.40 bits per heavy atom. The molecule has 1 N–H and O–H groups in total. The molecule has 2 heterocycles. The molecular weight excluding hydrogens is 222 g/mol. The fourth-order valence-electron chi connectivity index (χ4n) is 1.46. The standard InChI is InChI=1S/C12H15NS2/c1(11-3-7-14-9-11)5-13-6-2-12-4-8-15-10-12/h3-4,7-10,13H,1-2,5-6H2. The highest BCUT2D eigenvalue weighted by Gasteiger charge is 1.94. The first kappa shape index (κ1) is 10.9. The van der Waals surface area contributed by atoms with Gasteiger partial charge in [0.05, 0.1) is 0 Å². The molecule has 2 aromatic heterocycles. The average Bonchev–Trinajstić information content (AvgIpc) is 2.88. The average molecular weight is 237 g/mol. The van der Waals surface area contributed by atoms with E-state index >= 15 is 0 Å². The predicted molar refractivity (Wildman–Crippen MR) is 68.9 cm³/mol. The van der Waals surface area contributed by atoms with E-state index in [4.69, 9.17) is 0 Å². The Morgan fingerprint density at radius 3 is 1.80 bits per heavy atom. The largest absolute Gasteiger partial charge is 0.316 e. The van der Waals surface area contributed by atoms with E-state index < -0.39 is 0 Å². The van der Waals surface area contributed by atoms with E-state index in [1.165, 1.54) is 11.1 Å². The lowest BCUT2D eigenvalue weighted by molar-refractivity contribution is 0.683. The van der Waals surface area contributed by atoms with Gasteiger partial charge in [-0.05, 0) is 70.7 Å². The van der Waals surface area contributed by atoms with E-state index in [0.717, 1.165) is 25.9 Å². The van der Waals surface area contributed by atoms with Crippen LogP contribution in [0.25, 0.3) is 0 Å². The first-order valence-electron chi connectivity index (χ1n) is 5.18. The molecule has 2 aromatic rings. The molecule has 1 nitrogen and oxygen atoms in total. The molecule has 15 heavy (non-hydrogen) atoms. The van der Waals surface area contributed by atoms with Gasteiger partial charge in [-0.1, -0.05) is 0 Å². The van der Waals surface area contributed by atoms with Gasteiger partial charge in [0.15, 0.2) is 0 Å². The number of thiophene rings is 2. The van der Waals surface area contributed by atoms with Crippen LogP contribution in [0.3, 0.4) is 0 Å². The quantitative estimate of drug-likeness (QED) is 0.761. The van der Waals surface area contributed by atoms with Crippen LogP contribution in [-0.4, -0.2) is 13.1 Å². The maximum Gasteiger partial charge on any atom is -0.000793 e. The van der Waals surface area contributed by atoms with Crippen LogP contribution in [0.1, 0.15) is 11.1 Å². The van der Waals surface area contributed by atoms with Crippen molar-refractivity contribution in [1.29, 1.82) is 0 Å². The second kappa shape index (κ2) is 6.05. The molecule has 0 aliphatic carbocycles. The van der Waals surface area contributed by atoms with Crippen LogP contribution in [-0.2, 0) is 12.8 Å². The fourth-order valence-corrected chi connectivity index (χ4v) is 2.87. The number of nitrogens with one attached hydrogen (secondary N) is 1. The Balaban J connectivity index is 1.56. The van der Waals surface area contributed by atoms with E-state index in [1.54, 1.807) is 22.7 Å². The normalized spacial score (nSPS) is 10.7. The van der Waals surface area contributed by atoms with Crippen molar-refractivity contribution in [1.82, 2.24) is 5.32 Å². The fraction of sp³-hybridized carbons (Fsp3) is 0.333. The van der Waals surface area contributed by atoms with Gasteiger partial charge < -0.3 is 5.32 Å². The number of hydrogen-bond acceptors (Lipinski definition) is 3. The minimum atomic E-state index is 1.08. The number of rotatable bonds is 6. The molecule has 0 amide bonds. The zero-order valence-corrected chi connectivity index (χ0v) is 10.2. The summed E-state index contributed by atoms with van der Waals surface area (Å²) in [5, 5.41) is 12.2. The van der Waals surface area contributed by atoms with E-state index in [0.29, 0.717) is 0 Å². The lowest BCUT2D eigenvalue weighted by atomic mass is 10.2. The Hall–Kier alpha value is -0.640. The first-order chi connectivity index (χ1) is 7.45. The lowest BCUT2D eigenvalue weighted by Gasteiger charge is -2.02. The molecule has 0 unspecified atom stereocenters.